The highest BCUT2D eigenvalue weighted by molar-refractivity contribution is 7.99. The third-order valence-electron chi connectivity index (χ3n) is 1.99. The van der Waals surface area contributed by atoms with Gasteiger partial charge >= 0.3 is 5.97 Å². The predicted molar refractivity (Wildman–Crippen MR) is 57.8 cm³/mol. The van der Waals surface area contributed by atoms with E-state index in [0.717, 1.165) is 0 Å². The van der Waals surface area contributed by atoms with Crippen LogP contribution in [0, 0.1) is 0 Å². The molecule has 0 aromatic rings. The van der Waals surface area contributed by atoms with Gasteiger partial charge in [0.1, 0.15) is 6.04 Å². The molecule has 1 aliphatic rings. The Morgan fingerprint density at radius 1 is 1.73 bits per heavy atom. The molecule has 0 aromatic carbocycles. The average Bonchev–Trinajstić information content (AvgIpc) is 2.45. The summed E-state index contributed by atoms with van der Waals surface area (Å²) < 4.78 is 10.9. The molecule has 0 spiro atoms. The highest BCUT2D eigenvalue weighted by atomic mass is 32.2. The van der Waals surface area contributed by atoms with Crippen LogP contribution in [0.25, 0.3) is 0 Å². The van der Waals surface area contributed by atoms with Crippen LogP contribution in [0.2, 0.25) is 0 Å². The summed E-state index contributed by atoms with van der Waals surface area (Å²) in [4.78, 5) is 10.4. The van der Waals surface area contributed by atoms with Crippen LogP contribution in [-0.2, 0) is 14.3 Å². The number of aliphatic carboxylic acids is 1. The Bertz CT molecular complexity index is 234. The summed E-state index contributed by atoms with van der Waals surface area (Å²) in [5.41, 5.74) is 5.36. The SMILES string of the molecule is CC1(C)OCC(CSCC(N)C(=O)O)O1. The fourth-order valence-electron chi connectivity index (χ4n) is 1.24. The molecule has 6 heteroatoms. The van der Waals surface area contributed by atoms with Crippen molar-refractivity contribution in [3.8, 4) is 0 Å². The number of nitrogens with two attached hydrogens (primary N) is 1. The standard InChI is InChI=1S/C9H17NO4S/c1-9(2)13-3-6(14-9)4-15-5-7(10)8(11)12/h6-7H,3-5,10H2,1-2H3,(H,11,12). The lowest BCUT2D eigenvalue weighted by atomic mass is 10.4. The average molecular weight is 235 g/mol. The molecule has 5 nitrogen and oxygen atoms in total. The zero-order valence-electron chi connectivity index (χ0n) is 8.93. The molecular weight excluding hydrogens is 218 g/mol. The van der Waals surface area contributed by atoms with Crippen LogP contribution in [0.5, 0.6) is 0 Å². The van der Waals surface area contributed by atoms with Gasteiger partial charge in [0, 0.05) is 11.5 Å². The van der Waals surface area contributed by atoms with Gasteiger partial charge in [-0.3, -0.25) is 4.79 Å². The number of carboxylic acid groups (broad SMARTS) is 1. The monoisotopic (exact) mass is 235 g/mol. The summed E-state index contributed by atoms with van der Waals surface area (Å²) in [6.07, 6.45) is 0.0333. The largest absolute Gasteiger partial charge is 0.480 e. The lowest BCUT2D eigenvalue weighted by Gasteiger charge is -2.17. The van der Waals surface area contributed by atoms with Crippen LogP contribution < -0.4 is 5.73 Å². The molecule has 0 aliphatic carbocycles. The van der Waals surface area contributed by atoms with E-state index in [0.29, 0.717) is 18.1 Å². The molecule has 0 saturated carbocycles. The maximum atomic E-state index is 10.4. The van der Waals surface area contributed by atoms with Crippen LogP contribution in [0.15, 0.2) is 0 Å². The van der Waals surface area contributed by atoms with E-state index < -0.39 is 17.8 Å². The fourth-order valence-corrected chi connectivity index (χ4v) is 2.20. The molecule has 1 fully saturated rings. The minimum absolute atomic E-state index is 0.0333. The first-order valence-corrected chi connectivity index (χ1v) is 5.94. The zero-order valence-corrected chi connectivity index (χ0v) is 9.75. The van der Waals surface area contributed by atoms with E-state index in [1.54, 1.807) is 0 Å². The number of ether oxygens (including phenoxy) is 2. The molecule has 1 aliphatic heterocycles. The normalized spacial score (nSPS) is 26.5. The quantitative estimate of drug-likeness (QED) is 0.712. The van der Waals surface area contributed by atoms with Gasteiger partial charge in [-0.25, -0.2) is 0 Å². The highest BCUT2D eigenvalue weighted by Gasteiger charge is 2.32. The number of hydrogen-bond acceptors (Lipinski definition) is 5. The second-order valence-corrected chi connectivity index (χ2v) is 5.01. The lowest BCUT2D eigenvalue weighted by Crippen LogP contribution is -2.33. The molecule has 15 heavy (non-hydrogen) atoms. The Morgan fingerprint density at radius 2 is 2.40 bits per heavy atom. The molecule has 88 valence electrons. The van der Waals surface area contributed by atoms with Crippen molar-refractivity contribution in [3.05, 3.63) is 0 Å². The van der Waals surface area contributed by atoms with Crippen molar-refractivity contribution < 1.29 is 19.4 Å². The number of thioether (sulfide) groups is 1. The number of carbonyl (C=O) groups is 1. The number of rotatable bonds is 5. The third-order valence-corrected chi connectivity index (χ3v) is 3.19. The van der Waals surface area contributed by atoms with Crippen LogP contribution in [-0.4, -0.2) is 47.1 Å². The van der Waals surface area contributed by atoms with Crippen molar-refractivity contribution >= 4 is 17.7 Å². The Labute approximate surface area is 93.3 Å². The van der Waals surface area contributed by atoms with Gasteiger partial charge in [0.15, 0.2) is 5.79 Å². The van der Waals surface area contributed by atoms with Gasteiger partial charge in [-0.2, -0.15) is 11.8 Å². The summed E-state index contributed by atoms with van der Waals surface area (Å²) in [6.45, 7) is 4.28. The van der Waals surface area contributed by atoms with E-state index >= 15 is 0 Å². The van der Waals surface area contributed by atoms with Crippen LogP contribution >= 0.6 is 11.8 Å². The maximum Gasteiger partial charge on any atom is 0.321 e. The molecule has 1 saturated heterocycles. The molecule has 1 rings (SSSR count). The summed E-state index contributed by atoms with van der Waals surface area (Å²) >= 11 is 1.48. The zero-order chi connectivity index (χ0) is 11.5. The van der Waals surface area contributed by atoms with Gasteiger partial charge in [0.25, 0.3) is 0 Å². The molecule has 2 atom stereocenters. The third kappa shape index (κ3) is 4.38. The Morgan fingerprint density at radius 3 is 2.87 bits per heavy atom. The molecule has 0 bridgehead atoms. The van der Waals surface area contributed by atoms with Crippen molar-refractivity contribution in [3.63, 3.8) is 0 Å². The van der Waals surface area contributed by atoms with E-state index in [-0.39, 0.29) is 6.10 Å². The molecule has 3 N–H and O–H groups in total. The van der Waals surface area contributed by atoms with E-state index in [1.165, 1.54) is 11.8 Å². The maximum absolute atomic E-state index is 10.4. The molecule has 0 amide bonds. The first kappa shape index (κ1) is 12.8. The lowest BCUT2D eigenvalue weighted by molar-refractivity contribution is -0.138. The van der Waals surface area contributed by atoms with Gasteiger partial charge in [0.05, 0.1) is 12.7 Å². The first-order valence-electron chi connectivity index (χ1n) is 4.78. The van der Waals surface area contributed by atoms with Gasteiger partial charge in [-0.1, -0.05) is 0 Å². The molecule has 1 heterocycles. The van der Waals surface area contributed by atoms with Gasteiger partial charge in [0.2, 0.25) is 0 Å². The summed E-state index contributed by atoms with van der Waals surface area (Å²) in [5.74, 6) is -0.369. The molecule has 0 aromatic heterocycles. The van der Waals surface area contributed by atoms with Crippen molar-refractivity contribution in [1.82, 2.24) is 0 Å². The predicted octanol–water partition coefficient (Wildman–Crippen LogP) is 0.283. The van der Waals surface area contributed by atoms with Crippen LogP contribution in [0.1, 0.15) is 13.8 Å². The van der Waals surface area contributed by atoms with Gasteiger partial charge in [-0.05, 0) is 13.8 Å². The topological polar surface area (TPSA) is 81.8 Å². The first-order chi connectivity index (χ1) is 6.91. The van der Waals surface area contributed by atoms with Gasteiger partial charge < -0.3 is 20.3 Å². The minimum Gasteiger partial charge on any atom is -0.480 e. The van der Waals surface area contributed by atoms with Crippen molar-refractivity contribution in [1.29, 1.82) is 0 Å². The highest BCUT2D eigenvalue weighted by Crippen LogP contribution is 2.24. The Kier molecular flexibility index (Phi) is 4.39. The van der Waals surface area contributed by atoms with Crippen molar-refractivity contribution in [2.24, 2.45) is 5.73 Å². The van der Waals surface area contributed by atoms with E-state index in [1.807, 2.05) is 13.8 Å². The molecular formula is C9H17NO4S. The second-order valence-electron chi connectivity index (χ2n) is 3.93. The van der Waals surface area contributed by atoms with E-state index in [2.05, 4.69) is 0 Å². The smallest absolute Gasteiger partial charge is 0.321 e. The molecule has 2 unspecified atom stereocenters. The summed E-state index contributed by atoms with van der Waals surface area (Å²) in [5, 5.41) is 8.56. The van der Waals surface area contributed by atoms with Crippen LogP contribution in [0.4, 0.5) is 0 Å². The Hall–Kier alpha value is -0.300. The minimum atomic E-state index is -0.966. The fraction of sp³-hybridized carbons (Fsp3) is 0.889. The summed E-state index contributed by atoms with van der Waals surface area (Å²) in [7, 11) is 0. The van der Waals surface area contributed by atoms with Gasteiger partial charge in [-0.15, -0.1) is 0 Å². The van der Waals surface area contributed by atoms with E-state index in [4.69, 9.17) is 20.3 Å². The number of hydrogen-bond donors (Lipinski definition) is 2. The van der Waals surface area contributed by atoms with Crippen LogP contribution in [0.3, 0.4) is 0 Å². The van der Waals surface area contributed by atoms with Crippen molar-refractivity contribution in [2.45, 2.75) is 31.8 Å². The second kappa shape index (κ2) is 5.16. The number of carboxylic acids is 1. The summed E-state index contributed by atoms with van der Waals surface area (Å²) in [6, 6.07) is -0.801. The van der Waals surface area contributed by atoms with E-state index in [9.17, 15) is 4.79 Å². The Balaban J connectivity index is 2.14. The van der Waals surface area contributed by atoms with Crippen molar-refractivity contribution in [2.75, 3.05) is 18.1 Å². The molecule has 0 radical (unpaired) electrons.